The minimum Gasteiger partial charge on any atom is -0.382 e. The molecule has 15 heavy (non-hydrogen) atoms. The van der Waals surface area contributed by atoms with E-state index in [1.807, 2.05) is 0 Å². The maximum atomic E-state index is 8.59. The lowest BCUT2D eigenvalue weighted by Crippen LogP contribution is -2.52. The lowest BCUT2D eigenvalue weighted by Gasteiger charge is -2.38. The molecule has 6 nitrogen and oxygen atoms in total. The molecule has 0 bridgehead atoms. The minimum absolute atomic E-state index is 0.180. The largest absolute Gasteiger partial charge is 0.382 e. The second-order valence-corrected chi connectivity index (χ2v) is 3.38. The zero-order valence-corrected chi connectivity index (χ0v) is 9.21. The zero-order valence-electron chi connectivity index (χ0n) is 9.21. The van der Waals surface area contributed by atoms with Crippen LogP contribution in [0.4, 0.5) is 0 Å². The fraction of sp³-hybridized carbons (Fsp3) is 1.00. The Labute approximate surface area is 88.9 Å². The lowest BCUT2D eigenvalue weighted by molar-refractivity contribution is -0.382. The van der Waals surface area contributed by atoms with Crippen LogP contribution < -0.4 is 0 Å². The molecule has 4 atom stereocenters. The van der Waals surface area contributed by atoms with Crippen molar-refractivity contribution in [1.82, 2.24) is 0 Å². The fourth-order valence-corrected chi connectivity index (χ4v) is 1.79. The maximum absolute atomic E-state index is 8.59. The van der Waals surface area contributed by atoms with Gasteiger partial charge in [0.1, 0.15) is 12.2 Å². The average Bonchev–Trinajstić information content (AvgIpc) is 2.28. The standard InChI is InChI=1S/C9H18O6/c1-11-5-7-9(13-3)6(12-2)4-8(14-7)15-10/h6-10H,4-5H2,1-3H3/t6-,7+,8-,9+/m1/s1. The van der Waals surface area contributed by atoms with Crippen LogP contribution in [0.2, 0.25) is 0 Å². The van der Waals surface area contributed by atoms with Crippen molar-refractivity contribution in [2.45, 2.75) is 31.0 Å². The van der Waals surface area contributed by atoms with Gasteiger partial charge in [0.15, 0.2) is 6.29 Å². The highest BCUT2D eigenvalue weighted by atomic mass is 17.1. The van der Waals surface area contributed by atoms with Crippen LogP contribution in [-0.2, 0) is 23.8 Å². The van der Waals surface area contributed by atoms with Crippen LogP contribution in [0.1, 0.15) is 6.42 Å². The van der Waals surface area contributed by atoms with Gasteiger partial charge in [-0.1, -0.05) is 0 Å². The van der Waals surface area contributed by atoms with E-state index in [1.54, 1.807) is 21.3 Å². The molecule has 0 radical (unpaired) electrons. The molecule has 1 rings (SSSR count). The van der Waals surface area contributed by atoms with Crippen molar-refractivity contribution >= 4 is 0 Å². The van der Waals surface area contributed by atoms with Gasteiger partial charge in [0.05, 0.1) is 12.7 Å². The van der Waals surface area contributed by atoms with Gasteiger partial charge in [-0.15, -0.1) is 0 Å². The van der Waals surface area contributed by atoms with Crippen LogP contribution in [0.3, 0.4) is 0 Å². The summed E-state index contributed by atoms with van der Waals surface area (Å²) in [7, 11) is 4.74. The van der Waals surface area contributed by atoms with E-state index in [1.165, 1.54) is 0 Å². The molecule has 0 aromatic rings. The van der Waals surface area contributed by atoms with Crippen molar-refractivity contribution in [3.8, 4) is 0 Å². The smallest absolute Gasteiger partial charge is 0.194 e. The second kappa shape index (κ2) is 6.37. The molecule has 0 unspecified atom stereocenters. The van der Waals surface area contributed by atoms with Crippen molar-refractivity contribution < 1.29 is 29.1 Å². The van der Waals surface area contributed by atoms with Crippen LogP contribution in [0.15, 0.2) is 0 Å². The number of hydrogen-bond acceptors (Lipinski definition) is 6. The Kier molecular flexibility index (Phi) is 5.44. The van der Waals surface area contributed by atoms with Gasteiger partial charge in [-0.2, -0.15) is 0 Å². The highest BCUT2D eigenvalue weighted by Crippen LogP contribution is 2.24. The van der Waals surface area contributed by atoms with Crippen molar-refractivity contribution in [1.29, 1.82) is 0 Å². The number of hydrogen-bond donors (Lipinski definition) is 1. The first-order valence-corrected chi connectivity index (χ1v) is 4.77. The van der Waals surface area contributed by atoms with Gasteiger partial charge < -0.3 is 18.9 Å². The van der Waals surface area contributed by atoms with Gasteiger partial charge in [0.25, 0.3) is 0 Å². The number of methoxy groups -OCH3 is 3. The Morgan fingerprint density at radius 2 is 2.00 bits per heavy atom. The maximum Gasteiger partial charge on any atom is 0.194 e. The molecule has 0 amide bonds. The summed E-state index contributed by atoms with van der Waals surface area (Å²) >= 11 is 0. The van der Waals surface area contributed by atoms with Crippen LogP contribution in [0.25, 0.3) is 0 Å². The van der Waals surface area contributed by atoms with Gasteiger partial charge in [-0.05, 0) is 0 Å². The predicted molar refractivity (Wildman–Crippen MR) is 50.5 cm³/mol. The Balaban J connectivity index is 2.63. The Hall–Kier alpha value is -0.240. The van der Waals surface area contributed by atoms with Crippen LogP contribution in [-0.4, -0.2) is 57.8 Å². The van der Waals surface area contributed by atoms with Gasteiger partial charge in [-0.3, -0.25) is 0 Å². The first-order chi connectivity index (χ1) is 7.26. The summed E-state index contributed by atoms with van der Waals surface area (Å²) < 4.78 is 20.9. The first-order valence-electron chi connectivity index (χ1n) is 4.77. The fourth-order valence-electron chi connectivity index (χ4n) is 1.79. The van der Waals surface area contributed by atoms with E-state index in [2.05, 4.69) is 4.89 Å². The third-order valence-electron chi connectivity index (χ3n) is 2.51. The molecule has 6 heteroatoms. The molecule has 1 N–H and O–H groups in total. The van der Waals surface area contributed by atoms with E-state index in [-0.39, 0.29) is 18.3 Å². The molecule has 1 aliphatic heterocycles. The predicted octanol–water partition coefficient (Wildman–Crippen LogP) is 0.267. The van der Waals surface area contributed by atoms with Crippen LogP contribution in [0, 0.1) is 0 Å². The number of ether oxygens (including phenoxy) is 4. The molecule has 1 saturated heterocycles. The van der Waals surface area contributed by atoms with E-state index >= 15 is 0 Å². The van der Waals surface area contributed by atoms with Crippen LogP contribution >= 0.6 is 0 Å². The molecule has 0 aromatic heterocycles. The van der Waals surface area contributed by atoms with E-state index in [0.717, 1.165) is 0 Å². The van der Waals surface area contributed by atoms with Crippen molar-refractivity contribution in [3.63, 3.8) is 0 Å². The zero-order chi connectivity index (χ0) is 11.3. The third-order valence-corrected chi connectivity index (χ3v) is 2.51. The van der Waals surface area contributed by atoms with Gasteiger partial charge in [0.2, 0.25) is 0 Å². The molecule has 0 aromatic carbocycles. The molecule has 1 heterocycles. The molecule has 0 spiro atoms. The summed E-state index contributed by atoms with van der Waals surface area (Å²) in [5, 5.41) is 8.59. The molecule has 1 fully saturated rings. The minimum atomic E-state index is -0.693. The molecule has 0 aliphatic carbocycles. The summed E-state index contributed by atoms with van der Waals surface area (Å²) in [5.74, 6) is 0. The lowest BCUT2D eigenvalue weighted by atomic mass is 10.0. The molecule has 1 aliphatic rings. The normalized spacial score (nSPS) is 36.8. The number of rotatable bonds is 5. The summed E-state index contributed by atoms with van der Waals surface area (Å²) in [6.07, 6.45) is -0.981. The SMILES string of the molecule is COC[C@@H]1O[C@H](OO)C[C@@H](OC)[C@@H]1OC. The van der Waals surface area contributed by atoms with E-state index in [9.17, 15) is 0 Å². The topological polar surface area (TPSA) is 66.4 Å². The second-order valence-electron chi connectivity index (χ2n) is 3.38. The molecule has 0 saturated carbocycles. The molecular formula is C9H18O6. The van der Waals surface area contributed by atoms with Gasteiger partial charge in [-0.25, -0.2) is 10.1 Å². The molecular weight excluding hydrogens is 204 g/mol. The third kappa shape index (κ3) is 3.10. The molecule has 90 valence electrons. The van der Waals surface area contributed by atoms with Crippen LogP contribution in [0.5, 0.6) is 0 Å². The summed E-state index contributed by atoms with van der Waals surface area (Å²) in [6, 6.07) is 0. The highest BCUT2D eigenvalue weighted by molar-refractivity contribution is 4.84. The van der Waals surface area contributed by atoms with Crippen molar-refractivity contribution in [3.05, 3.63) is 0 Å². The first kappa shape index (κ1) is 12.8. The van der Waals surface area contributed by atoms with E-state index in [4.69, 9.17) is 24.2 Å². The van der Waals surface area contributed by atoms with Gasteiger partial charge in [0, 0.05) is 27.8 Å². The van der Waals surface area contributed by atoms with Crippen molar-refractivity contribution in [2.75, 3.05) is 27.9 Å². The quantitative estimate of drug-likeness (QED) is 0.532. The summed E-state index contributed by atoms with van der Waals surface area (Å²) in [6.45, 7) is 0.359. The Morgan fingerprint density at radius 1 is 1.27 bits per heavy atom. The summed E-state index contributed by atoms with van der Waals surface area (Å²) in [4.78, 5) is 4.18. The monoisotopic (exact) mass is 222 g/mol. The highest BCUT2D eigenvalue weighted by Gasteiger charge is 2.39. The average molecular weight is 222 g/mol. The van der Waals surface area contributed by atoms with E-state index in [0.29, 0.717) is 13.0 Å². The van der Waals surface area contributed by atoms with Crippen molar-refractivity contribution in [2.24, 2.45) is 0 Å². The Bertz CT molecular complexity index is 176. The summed E-state index contributed by atoms with van der Waals surface area (Å²) in [5.41, 5.74) is 0. The van der Waals surface area contributed by atoms with E-state index < -0.39 is 6.29 Å². The van der Waals surface area contributed by atoms with Gasteiger partial charge >= 0.3 is 0 Å². The Morgan fingerprint density at radius 3 is 2.47 bits per heavy atom.